The van der Waals surface area contributed by atoms with Crippen molar-refractivity contribution >= 4 is 28.9 Å². The molecular formula is C13H16ClN3O3. The van der Waals surface area contributed by atoms with Crippen LogP contribution in [0.25, 0.3) is 0 Å². The van der Waals surface area contributed by atoms with Gasteiger partial charge in [-0.3, -0.25) is 14.9 Å². The number of rotatable bonds is 3. The van der Waals surface area contributed by atoms with E-state index < -0.39 is 10.3 Å². The number of nitro groups is 1. The fourth-order valence-corrected chi connectivity index (χ4v) is 2.73. The summed E-state index contributed by atoms with van der Waals surface area (Å²) in [5.41, 5.74) is 5.63. The lowest BCUT2D eigenvalue weighted by Crippen LogP contribution is -2.44. The van der Waals surface area contributed by atoms with Crippen molar-refractivity contribution in [2.24, 2.45) is 11.1 Å². The Morgan fingerprint density at radius 1 is 1.60 bits per heavy atom. The van der Waals surface area contributed by atoms with Crippen molar-refractivity contribution in [3.63, 3.8) is 0 Å². The van der Waals surface area contributed by atoms with E-state index in [0.717, 1.165) is 19.3 Å². The molecule has 1 saturated carbocycles. The molecule has 20 heavy (non-hydrogen) atoms. The molecule has 6 nitrogen and oxygen atoms in total. The Balaban J connectivity index is 2.16. The van der Waals surface area contributed by atoms with Gasteiger partial charge in [-0.2, -0.15) is 0 Å². The highest BCUT2D eigenvalue weighted by Gasteiger charge is 2.42. The van der Waals surface area contributed by atoms with Gasteiger partial charge >= 0.3 is 0 Å². The molecule has 1 aromatic rings. The first-order chi connectivity index (χ1) is 9.34. The van der Waals surface area contributed by atoms with Gasteiger partial charge in [0.05, 0.1) is 10.3 Å². The third kappa shape index (κ3) is 2.62. The highest BCUT2D eigenvalue weighted by atomic mass is 35.5. The van der Waals surface area contributed by atoms with E-state index in [1.54, 1.807) is 0 Å². The number of benzene rings is 1. The molecule has 1 aromatic carbocycles. The van der Waals surface area contributed by atoms with E-state index >= 15 is 0 Å². The molecule has 1 amide bonds. The van der Waals surface area contributed by atoms with Gasteiger partial charge in [0, 0.05) is 17.8 Å². The molecule has 1 fully saturated rings. The molecule has 0 spiro atoms. The number of hydrogen-bond acceptors (Lipinski definition) is 4. The molecule has 3 N–H and O–H groups in total. The first-order valence-electron chi connectivity index (χ1n) is 6.35. The maximum Gasteiger partial charge on any atom is 0.288 e. The van der Waals surface area contributed by atoms with Crippen LogP contribution in [0.2, 0.25) is 5.02 Å². The topological polar surface area (TPSA) is 98.3 Å². The Kier molecular flexibility index (Phi) is 3.96. The lowest BCUT2D eigenvalue weighted by atomic mass is 9.84. The van der Waals surface area contributed by atoms with Gasteiger partial charge in [-0.05, 0) is 31.9 Å². The maximum atomic E-state index is 12.3. The predicted molar refractivity (Wildman–Crippen MR) is 76.7 cm³/mol. The van der Waals surface area contributed by atoms with Crippen LogP contribution in [0.1, 0.15) is 26.2 Å². The highest BCUT2D eigenvalue weighted by Crippen LogP contribution is 2.38. The summed E-state index contributed by atoms with van der Waals surface area (Å²) < 4.78 is 0. The van der Waals surface area contributed by atoms with E-state index in [0.29, 0.717) is 5.69 Å². The number of nitrogens with one attached hydrogen (secondary N) is 1. The number of carbonyl (C=O) groups is 1. The van der Waals surface area contributed by atoms with Gasteiger partial charge in [0.25, 0.3) is 5.69 Å². The third-order valence-electron chi connectivity index (χ3n) is 3.95. The second kappa shape index (κ2) is 5.38. The van der Waals surface area contributed by atoms with Crippen molar-refractivity contribution in [3.8, 4) is 0 Å². The molecule has 1 aliphatic rings. The fraction of sp³-hybridized carbons (Fsp3) is 0.462. The molecule has 0 heterocycles. The van der Waals surface area contributed by atoms with Crippen LogP contribution in [0.4, 0.5) is 11.4 Å². The quantitative estimate of drug-likeness (QED) is 0.662. The van der Waals surface area contributed by atoms with Crippen molar-refractivity contribution in [2.45, 2.75) is 32.2 Å². The standard InChI is InChI=1S/C13H16ClN3O3/c1-13(6-2-3-11(13)15)12(18)16-8-4-5-10(17(19)20)9(14)7-8/h4-5,7,11H,2-3,6,15H2,1H3,(H,16,18). The molecular weight excluding hydrogens is 282 g/mol. The Morgan fingerprint density at radius 3 is 2.80 bits per heavy atom. The molecule has 2 rings (SSSR count). The van der Waals surface area contributed by atoms with Crippen molar-refractivity contribution < 1.29 is 9.72 Å². The maximum absolute atomic E-state index is 12.3. The van der Waals surface area contributed by atoms with Crippen LogP contribution < -0.4 is 11.1 Å². The second-order valence-corrected chi connectivity index (χ2v) is 5.70. The summed E-state index contributed by atoms with van der Waals surface area (Å²) in [5.74, 6) is -0.174. The van der Waals surface area contributed by atoms with E-state index in [4.69, 9.17) is 17.3 Å². The smallest absolute Gasteiger partial charge is 0.288 e. The Labute approximate surface area is 121 Å². The van der Waals surface area contributed by atoms with Gasteiger partial charge < -0.3 is 11.1 Å². The molecule has 1 aliphatic carbocycles. The van der Waals surface area contributed by atoms with Crippen LogP contribution in [-0.2, 0) is 4.79 Å². The van der Waals surface area contributed by atoms with Gasteiger partial charge in [0.1, 0.15) is 5.02 Å². The van der Waals surface area contributed by atoms with Crippen LogP contribution in [0.3, 0.4) is 0 Å². The molecule has 0 aromatic heterocycles. The monoisotopic (exact) mass is 297 g/mol. The normalized spacial score (nSPS) is 25.4. The van der Waals surface area contributed by atoms with E-state index in [1.165, 1.54) is 18.2 Å². The number of nitrogens with zero attached hydrogens (tertiary/aromatic N) is 1. The van der Waals surface area contributed by atoms with Crippen LogP contribution in [0, 0.1) is 15.5 Å². The van der Waals surface area contributed by atoms with Crippen molar-refractivity contribution in [1.29, 1.82) is 0 Å². The third-order valence-corrected chi connectivity index (χ3v) is 4.25. The Bertz CT molecular complexity index is 564. The minimum atomic E-state index is -0.603. The predicted octanol–water partition coefficient (Wildman–Crippen LogP) is 2.70. The summed E-state index contributed by atoms with van der Waals surface area (Å²) in [6, 6.07) is 3.94. The summed E-state index contributed by atoms with van der Waals surface area (Å²) >= 11 is 5.81. The van der Waals surface area contributed by atoms with E-state index in [2.05, 4.69) is 5.32 Å². The van der Waals surface area contributed by atoms with Crippen LogP contribution in [-0.4, -0.2) is 16.9 Å². The number of hydrogen-bond donors (Lipinski definition) is 2. The Morgan fingerprint density at radius 2 is 2.30 bits per heavy atom. The van der Waals surface area contributed by atoms with Crippen LogP contribution in [0.5, 0.6) is 0 Å². The first kappa shape index (κ1) is 14.7. The second-order valence-electron chi connectivity index (χ2n) is 5.29. The number of halogens is 1. The fourth-order valence-electron chi connectivity index (χ4n) is 2.48. The molecule has 108 valence electrons. The lowest BCUT2D eigenvalue weighted by molar-refractivity contribution is -0.384. The van der Waals surface area contributed by atoms with Gasteiger partial charge in [-0.15, -0.1) is 0 Å². The molecule has 2 unspecified atom stereocenters. The van der Waals surface area contributed by atoms with Gasteiger partial charge in [0.15, 0.2) is 0 Å². The molecule has 0 aliphatic heterocycles. The van der Waals surface area contributed by atoms with Gasteiger partial charge in [0.2, 0.25) is 5.91 Å². The number of amides is 1. The number of nitrogens with two attached hydrogens (primary N) is 1. The molecule has 2 atom stereocenters. The molecule has 0 saturated heterocycles. The van der Waals surface area contributed by atoms with Crippen molar-refractivity contribution in [1.82, 2.24) is 0 Å². The van der Waals surface area contributed by atoms with Gasteiger partial charge in [-0.25, -0.2) is 0 Å². The summed E-state index contributed by atoms with van der Waals surface area (Å²) in [6.07, 6.45) is 2.48. The summed E-state index contributed by atoms with van der Waals surface area (Å²) in [5, 5.41) is 13.4. The molecule has 0 bridgehead atoms. The van der Waals surface area contributed by atoms with Crippen molar-refractivity contribution in [2.75, 3.05) is 5.32 Å². The minimum Gasteiger partial charge on any atom is -0.327 e. The number of anilines is 1. The summed E-state index contributed by atoms with van der Waals surface area (Å²) in [6.45, 7) is 1.84. The van der Waals surface area contributed by atoms with Crippen molar-refractivity contribution in [3.05, 3.63) is 33.3 Å². The number of nitro benzene ring substituents is 1. The minimum absolute atomic E-state index is 0.00586. The lowest BCUT2D eigenvalue weighted by Gasteiger charge is -2.27. The number of carbonyl (C=O) groups excluding carboxylic acids is 1. The largest absolute Gasteiger partial charge is 0.327 e. The highest BCUT2D eigenvalue weighted by molar-refractivity contribution is 6.33. The molecule has 0 radical (unpaired) electrons. The molecule has 7 heteroatoms. The average Bonchev–Trinajstić information content (AvgIpc) is 2.70. The van der Waals surface area contributed by atoms with Gasteiger partial charge in [-0.1, -0.05) is 18.0 Å². The zero-order valence-electron chi connectivity index (χ0n) is 11.1. The zero-order chi connectivity index (χ0) is 14.9. The van der Waals surface area contributed by atoms with Crippen LogP contribution >= 0.6 is 11.6 Å². The zero-order valence-corrected chi connectivity index (χ0v) is 11.8. The van der Waals surface area contributed by atoms with E-state index in [9.17, 15) is 14.9 Å². The Hall–Kier alpha value is -1.66. The van der Waals surface area contributed by atoms with E-state index in [-0.39, 0.29) is 22.7 Å². The van der Waals surface area contributed by atoms with E-state index in [1.807, 2.05) is 6.92 Å². The summed E-state index contributed by atoms with van der Waals surface area (Å²) in [4.78, 5) is 22.4. The average molecular weight is 298 g/mol. The first-order valence-corrected chi connectivity index (χ1v) is 6.73. The SMILES string of the molecule is CC1(C(=O)Nc2ccc([N+](=O)[O-])c(Cl)c2)CCCC1N. The van der Waals surface area contributed by atoms with Crippen LogP contribution in [0.15, 0.2) is 18.2 Å². The summed E-state index contributed by atoms with van der Waals surface area (Å²) in [7, 11) is 0.